The van der Waals surface area contributed by atoms with Gasteiger partial charge in [0.05, 0.1) is 21.8 Å². The summed E-state index contributed by atoms with van der Waals surface area (Å²) in [5.74, 6) is -4.70. The van der Waals surface area contributed by atoms with E-state index in [1.165, 1.54) is 14.0 Å². The number of halogens is 5. The Balaban J connectivity index is 2.51. The Morgan fingerprint density at radius 1 is 1.07 bits per heavy atom. The quantitative estimate of drug-likeness (QED) is 0.656. The van der Waals surface area contributed by atoms with Crippen LogP contribution in [0.4, 0.5) is 27.8 Å². The molecule has 29 heavy (non-hydrogen) atoms. The first-order valence-corrected chi connectivity index (χ1v) is 9.90. The minimum Gasteiger partial charge on any atom is -0.296 e. The molecule has 0 N–H and O–H groups in total. The molecule has 0 spiro atoms. The lowest BCUT2D eigenvalue weighted by atomic mass is 10.1. The number of carbonyl (C=O) groups is 1. The average molecular weight is 436 g/mol. The van der Waals surface area contributed by atoms with Crippen LogP contribution in [0.15, 0.2) is 41.4 Å². The van der Waals surface area contributed by atoms with Gasteiger partial charge < -0.3 is 0 Å². The van der Waals surface area contributed by atoms with Gasteiger partial charge in [-0.1, -0.05) is 6.92 Å². The minimum atomic E-state index is -4.80. The topological polar surface area (TPSA) is 67.3 Å². The van der Waals surface area contributed by atoms with Gasteiger partial charge in [0.1, 0.15) is 5.82 Å². The molecule has 2 aromatic rings. The summed E-state index contributed by atoms with van der Waals surface area (Å²) in [5, 5.41) is 0. The first kappa shape index (κ1) is 22.7. The van der Waals surface area contributed by atoms with Crippen molar-refractivity contribution in [1.29, 1.82) is 0 Å². The Kier molecular flexibility index (Phi) is 6.03. The summed E-state index contributed by atoms with van der Waals surface area (Å²) < 4.78 is 90.1. The molecule has 0 bridgehead atoms. The van der Waals surface area contributed by atoms with Crippen molar-refractivity contribution in [1.82, 2.24) is 4.98 Å². The van der Waals surface area contributed by atoms with Crippen LogP contribution in [0.5, 0.6) is 0 Å². The smallest absolute Gasteiger partial charge is 0.296 e. The van der Waals surface area contributed by atoms with Gasteiger partial charge in [-0.05, 0) is 30.3 Å². The second-order valence-corrected chi connectivity index (χ2v) is 8.52. The summed E-state index contributed by atoms with van der Waals surface area (Å²) in [6.07, 6.45) is -3.94. The summed E-state index contributed by atoms with van der Waals surface area (Å²) in [6.45, 7) is 1.90. The number of sulfone groups is 1. The Hall–Kier alpha value is -2.56. The summed E-state index contributed by atoms with van der Waals surface area (Å²) in [7, 11) is -2.96. The van der Waals surface area contributed by atoms with E-state index < -0.39 is 55.2 Å². The van der Waals surface area contributed by atoms with E-state index in [4.69, 9.17) is 0 Å². The van der Waals surface area contributed by atoms with Gasteiger partial charge >= 0.3 is 6.18 Å². The zero-order chi connectivity index (χ0) is 22.2. The van der Waals surface area contributed by atoms with Gasteiger partial charge in [0, 0.05) is 25.7 Å². The molecule has 1 heterocycles. The maximum Gasteiger partial charge on any atom is 0.416 e. The van der Waals surface area contributed by atoms with E-state index in [2.05, 4.69) is 4.98 Å². The fourth-order valence-electron chi connectivity index (χ4n) is 2.42. The van der Waals surface area contributed by atoms with Crippen molar-refractivity contribution in [3.05, 3.63) is 53.2 Å². The molecule has 0 aliphatic carbocycles. The third kappa shape index (κ3) is 4.89. The van der Waals surface area contributed by atoms with Crippen LogP contribution in [0.2, 0.25) is 0 Å². The van der Waals surface area contributed by atoms with Gasteiger partial charge in [-0.2, -0.15) is 13.2 Å². The molecule has 158 valence electrons. The molecule has 2 rings (SSSR count). The fourth-order valence-corrected chi connectivity index (χ4v) is 3.52. The molecule has 0 radical (unpaired) electrons. The molecule has 0 aliphatic rings. The van der Waals surface area contributed by atoms with Crippen molar-refractivity contribution in [3.63, 3.8) is 0 Å². The van der Waals surface area contributed by atoms with E-state index in [0.717, 1.165) is 29.3 Å². The number of benzene rings is 1. The second kappa shape index (κ2) is 7.69. The lowest BCUT2D eigenvalue weighted by Crippen LogP contribution is -2.29. The minimum absolute atomic E-state index is 0.0808. The number of carbonyl (C=O) groups excluding carboxylic acids is 1. The second-order valence-electron chi connectivity index (χ2n) is 6.27. The van der Waals surface area contributed by atoms with Crippen LogP contribution in [0.3, 0.4) is 0 Å². The summed E-state index contributed by atoms with van der Waals surface area (Å²) in [4.78, 5) is 16.6. The van der Waals surface area contributed by atoms with E-state index >= 15 is 0 Å². The van der Waals surface area contributed by atoms with Crippen LogP contribution in [-0.4, -0.2) is 32.1 Å². The van der Waals surface area contributed by atoms with Crippen LogP contribution in [-0.2, 0) is 21.9 Å². The van der Waals surface area contributed by atoms with Crippen molar-refractivity contribution >= 4 is 21.6 Å². The molecule has 1 aromatic heterocycles. The van der Waals surface area contributed by atoms with Gasteiger partial charge in [0.25, 0.3) is 11.8 Å². The Bertz CT molecular complexity index is 1010. The molecule has 0 aliphatic heterocycles. The number of nitrogens with zero attached hydrogens (tertiary/aromatic N) is 2. The van der Waals surface area contributed by atoms with Crippen LogP contribution in [0.25, 0.3) is 0 Å². The van der Waals surface area contributed by atoms with E-state index in [9.17, 15) is 35.2 Å². The van der Waals surface area contributed by atoms with Gasteiger partial charge in [-0.3, -0.25) is 9.69 Å². The van der Waals surface area contributed by atoms with Crippen LogP contribution in [0.1, 0.15) is 35.3 Å². The van der Waals surface area contributed by atoms with Crippen molar-refractivity contribution in [3.8, 4) is 0 Å². The van der Waals surface area contributed by atoms with Crippen LogP contribution < -0.4 is 4.90 Å². The van der Waals surface area contributed by atoms with Crippen molar-refractivity contribution in [2.45, 2.75) is 30.8 Å². The predicted molar refractivity (Wildman–Crippen MR) is 95.7 cm³/mol. The van der Waals surface area contributed by atoms with Crippen LogP contribution >= 0.6 is 0 Å². The number of anilines is 1. The van der Waals surface area contributed by atoms with E-state index in [1.807, 2.05) is 0 Å². The predicted octanol–water partition coefficient (Wildman–Crippen LogP) is 4.28. The molecule has 0 fully saturated rings. The maximum absolute atomic E-state index is 13.3. The number of alkyl halides is 5. The van der Waals surface area contributed by atoms with Gasteiger partial charge in [0.2, 0.25) is 0 Å². The zero-order valence-electron chi connectivity index (χ0n) is 15.6. The lowest BCUT2D eigenvalue weighted by Gasteiger charge is -2.20. The molecule has 0 saturated carbocycles. The SMILES string of the molecule is CCS(=O)(=O)c1cc(C(F)(F)F)ccc1C(=O)N(C)c1ccc(C(C)(F)F)cn1. The molecule has 11 heteroatoms. The first-order valence-electron chi connectivity index (χ1n) is 8.25. The lowest BCUT2D eigenvalue weighted by molar-refractivity contribution is -0.137. The maximum atomic E-state index is 13.3. The number of pyridine rings is 1. The molecule has 0 saturated heterocycles. The number of hydrogen-bond acceptors (Lipinski definition) is 4. The largest absolute Gasteiger partial charge is 0.416 e. The van der Waals surface area contributed by atoms with E-state index in [-0.39, 0.29) is 5.82 Å². The zero-order valence-corrected chi connectivity index (χ0v) is 16.4. The highest BCUT2D eigenvalue weighted by Gasteiger charge is 2.34. The molecule has 5 nitrogen and oxygen atoms in total. The van der Waals surface area contributed by atoms with Crippen molar-refractivity contribution < 1.29 is 35.2 Å². The van der Waals surface area contributed by atoms with Gasteiger partial charge in [0.15, 0.2) is 9.84 Å². The monoisotopic (exact) mass is 436 g/mol. The van der Waals surface area contributed by atoms with Crippen molar-refractivity contribution in [2.24, 2.45) is 0 Å². The first-order chi connectivity index (χ1) is 13.2. The fraction of sp³-hybridized carbons (Fsp3) is 0.333. The molecule has 0 unspecified atom stereocenters. The van der Waals surface area contributed by atoms with Gasteiger partial charge in [-0.15, -0.1) is 0 Å². The Labute approximate surface area is 164 Å². The highest BCUT2D eigenvalue weighted by molar-refractivity contribution is 7.91. The Morgan fingerprint density at radius 2 is 1.66 bits per heavy atom. The summed E-state index contributed by atoms with van der Waals surface area (Å²) in [6, 6.07) is 3.96. The summed E-state index contributed by atoms with van der Waals surface area (Å²) >= 11 is 0. The molecular formula is C18H17F5N2O3S. The van der Waals surface area contributed by atoms with E-state index in [1.54, 1.807) is 0 Å². The Morgan fingerprint density at radius 3 is 2.10 bits per heavy atom. The molecule has 1 amide bonds. The average Bonchev–Trinajstić information content (AvgIpc) is 2.65. The van der Waals surface area contributed by atoms with Gasteiger partial charge in [-0.25, -0.2) is 22.2 Å². The molecule has 0 atom stereocenters. The number of amides is 1. The normalized spacial score (nSPS) is 12.7. The number of hydrogen-bond donors (Lipinski definition) is 0. The van der Waals surface area contributed by atoms with E-state index in [0.29, 0.717) is 19.1 Å². The number of aromatic nitrogens is 1. The number of rotatable bonds is 5. The highest BCUT2D eigenvalue weighted by Crippen LogP contribution is 2.33. The third-order valence-electron chi connectivity index (χ3n) is 4.16. The molecular weight excluding hydrogens is 419 g/mol. The van der Waals surface area contributed by atoms with Crippen LogP contribution in [0, 0.1) is 0 Å². The summed E-state index contributed by atoms with van der Waals surface area (Å²) in [5.41, 5.74) is -2.09. The standard InChI is InChI=1S/C18H17F5N2O3S/c1-4-29(27,28)14-9-11(18(21,22)23)5-7-13(14)16(26)25(3)15-8-6-12(10-24-15)17(2,19)20/h5-10H,4H2,1-3H3. The molecule has 1 aromatic carbocycles. The highest BCUT2D eigenvalue weighted by atomic mass is 32.2. The third-order valence-corrected chi connectivity index (χ3v) is 5.93. The van der Waals surface area contributed by atoms with Crippen molar-refractivity contribution in [2.75, 3.05) is 17.7 Å².